The summed E-state index contributed by atoms with van der Waals surface area (Å²) in [6.45, 7) is 0.996. The molecule has 0 radical (unpaired) electrons. The first-order valence-corrected chi connectivity index (χ1v) is 6.99. The highest BCUT2D eigenvalue weighted by Crippen LogP contribution is 2.22. The number of nitrogens with zero attached hydrogens (tertiary/aromatic N) is 2. The van der Waals surface area contributed by atoms with Crippen molar-refractivity contribution in [1.29, 1.82) is 5.26 Å². The van der Waals surface area contributed by atoms with Gasteiger partial charge in [0.2, 0.25) is 0 Å². The van der Waals surface area contributed by atoms with E-state index in [0.29, 0.717) is 0 Å². The van der Waals surface area contributed by atoms with Gasteiger partial charge in [-0.05, 0) is 37.6 Å². The van der Waals surface area contributed by atoms with Gasteiger partial charge in [0.1, 0.15) is 0 Å². The molecule has 2 heteroatoms. The smallest absolute Gasteiger partial charge is 0.0991 e. The molecule has 0 bridgehead atoms. The Kier molecular flexibility index (Phi) is 4.78. The SMILES string of the molecule is CN(Cc1ccc(C#N)cc1)C1CCCCCC1. The summed E-state index contributed by atoms with van der Waals surface area (Å²) in [5.74, 6) is 0. The molecule has 0 spiro atoms. The van der Waals surface area contributed by atoms with Crippen molar-refractivity contribution >= 4 is 0 Å². The monoisotopic (exact) mass is 242 g/mol. The van der Waals surface area contributed by atoms with Crippen LogP contribution >= 0.6 is 0 Å². The van der Waals surface area contributed by atoms with Crippen LogP contribution in [0.25, 0.3) is 0 Å². The number of rotatable bonds is 3. The van der Waals surface area contributed by atoms with Gasteiger partial charge in [-0.3, -0.25) is 4.90 Å². The molecule has 1 aromatic carbocycles. The molecular weight excluding hydrogens is 220 g/mol. The lowest BCUT2D eigenvalue weighted by Gasteiger charge is -2.27. The van der Waals surface area contributed by atoms with E-state index in [2.05, 4.69) is 30.1 Å². The highest BCUT2D eigenvalue weighted by molar-refractivity contribution is 5.31. The van der Waals surface area contributed by atoms with E-state index in [9.17, 15) is 0 Å². The van der Waals surface area contributed by atoms with Crippen molar-refractivity contribution in [3.05, 3.63) is 35.4 Å². The Morgan fingerprint density at radius 1 is 1.11 bits per heavy atom. The predicted octanol–water partition coefficient (Wildman–Crippen LogP) is 3.71. The molecule has 1 aliphatic carbocycles. The first-order chi connectivity index (χ1) is 8.79. The molecule has 0 unspecified atom stereocenters. The van der Waals surface area contributed by atoms with E-state index >= 15 is 0 Å². The molecule has 2 rings (SSSR count). The predicted molar refractivity (Wildman–Crippen MR) is 74.1 cm³/mol. The van der Waals surface area contributed by atoms with E-state index in [4.69, 9.17) is 5.26 Å². The zero-order valence-electron chi connectivity index (χ0n) is 11.2. The van der Waals surface area contributed by atoms with Gasteiger partial charge < -0.3 is 0 Å². The maximum atomic E-state index is 8.79. The highest BCUT2D eigenvalue weighted by atomic mass is 15.1. The van der Waals surface area contributed by atoms with E-state index in [1.54, 1.807) is 0 Å². The number of hydrogen-bond donors (Lipinski definition) is 0. The van der Waals surface area contributed by atoms with E-state index < -0.39 is 0 Å². The van der Waals surface area contributed by atoms with E-state index in [1.165, 1.54) is 44.1 Å². The van der Waals surface area contributed by atoms with Crippen LogP contribution in [0, 0.1) is 11.3 Å². The van der Waals surface area contributed by atoms with Gasteiger partial charge in [-0.1, -0.05) is 37.8 Å². The van der Waals surface area contributed by atoms with Crippen LogP contribution in [-0.2, 0) is 6.54 Å². The summed E-state index contributed by atoms with van der Waals surface area (Å²) >= 11 is 0. The summed E-state index contributed by atoms with van der Waals surface area (Å²) < 4.78 is 0. The summed E-state index contributed by atoms with van der Waals surface area (Å²) in [4.78, 5) is 2.48. The lowest BCUT2D eigenvalue weighted by atomic mass is 10.1. The van der Waals surface area contributed by atoms with Crippen LogP contribution in [0.4, 0.5) is 0 Å². The second kappa shape index (κ2) is 6.56. The van der Waals surface area contributed by atoms with Crippen LogP contribution in [0.2, 0.25) is 0 Å². The summed E-state index contributed by atoms with van der Waals surface area (Å²) in [5, 5.41) is 8.79. The summed E-state index contributed by atoms with van der Waals surface area (Å²) in [6.07, 6.45) is 8.24. The lowest BCUT2D eigenvalue weighted by Crippen LogP contribution is -2.30. The van der Waals surface area contributed by atoms with E-state index in [0.717, 1.165) is 18.2 Å². The normalized spacial score (nSPS) is 17.4. The Hall–Kier alpha value is -1.33. The minimum absolute atomic E-state index is 0.739. The number of hydrogen-bond acceptors (Lipinski definition) is 2. The summed E-state index contributed by atoms with van der Waals surface area (Å²) in [5.41, 5.74) is 2.05. The van der Waals surface area contributed by atoms with Gasteiger partial charge in [-0.2, -0.15) is 5.26 Å². The quantitative estimate of drug-likeness (QED) is 0.755. The topological polar surface area (TPSA) is 27.0 Å². The van der Waals surface area contributed by atoms with Gasteiger partial charge in [0.05, 0.1) is 11.6 Å². The standard InChI is InChI=1S/C16H22N2/c1-18(16-6-4-2-3-5-7-16)13-15-10-8-14(12-17)9-11-15/h8-11,16H,2-7,13H2,1H3. The van der Waals surface area contributed by atoms with Crippen molar-refractivity contribution in [3.63, 3.8) is 0 Å². The van der Waals surface area contributed by atoms with Crippen LogP contribution in [0.5, 0.6) is 0 Å². The molecule has 0 N–H and O–H groups in total. The first-order valence-electron chi connectivity index (χ1n) is 6.99. The molecule has 0 atom stereocenters. The molecule has 0 aliphatic heterocycles. The summed E-state index contributed by atoms with van der Waals surface area (Å²) in [6, 6.07) is 10.9. The Morgan fingerprint density at radius 3 is 2.28 bits per heavy atom. The van der Waals surface area contributed by atoms with Gasteiger partial charge in [0.25, 0.3) is 0 Å². The Balaban J connectivity index is 1.92. The fourth-order valence-electron chi connectivity index (χ4n) is 2.80. The zero-order valence-corrected chi connectivity index (χ0v) is 11.2. The van der Waals surface area contributed by atoms with Crippen molar-refractivity contribution < 1.29 is 0 Å². The average molecular weight is 242 g/mol. The fourth-order valence-corrected chi connectivity index (χ4v) is 2.80. The fraction of sp³-hybridized carbons (Fsp3) is 0.562. The maximum Gasteiger partial charge on any atom is 0.0991 e. The van der Waals surface area contributed by atoms with Crippen LogP contribution in [0.1, 0.15) is 49.7 Å². The van der Waals surface area contributed by atoms with Crippen molar-refractivity contribution in [2.24, 2.45) is 0 Å². The Bertz CT molecular complexity index is 394. The largest absolute Gasteiger partial charge is 0.299 e. The molecule has 0 amide bonds. The molecule has 0 heterocycles. The third-order valence-corrected chi connectivity index (χ3v) is 3.96. The third kappa shape index (κ3) is 3.58. The first kappa shape index (κ1) is 13.1. The van der Waals surface area contributed by atoms with Crippen molar-refractivity contribution in [2.75, 3.05) is 7.05 Å². The van der Waals surface area contributed by atoms with Gasteiger partial charge in [-0.15, -0.1) is 0 Å². The molecule has 1 aromatic rings. The van der Waals surface area contributed by atoms with Crippen molar-refractivity contribution in [3.8, 4) is 6.07 Å². The molecule has 1 fully saturated rings. The minimum Gasteiger partial charge on any atom is -0.299 e. The van der Waals surface area contributed by atoms with Crippen molar-refractivity contribution in [2.45, 2.75) is 51.1 Å². The molecule has 0 saturated heterocycles. The maximum absolute atomic E-state index is 8.79. The molecule has 2 nitrogen and oxygen atoms in total. The van der Waals surface area contributed by atoms with Gasteiger partial charge in [-0.25, -0.2) is 0 Å². The number of benzene rings is 1. The zero-order chi connectivity index (χ0) is 12.8. The Morgan fingerprint density at radius 2 is 1.72 bits per heavy atom. The van der Waals surface area contributed by atoms with Crippen LogP contribution in [0.15, 0.2) is 24.3 Å². The average Bonchev–Trinajstić information content (AvgIpc) is 2.68. The number of nitriles is 1. The van der Waals surface area contributed by atoms with Crippen LogP contribution in [0.3, 0.4) is 0 Å². The van der Waals surface area contributed by atoms with Crippen molar-refractivity contribution in [1.82, 2.24) is 4.90 Å². The molecule has 96 valence electrons. The van der Waals surface area contributed by atoms with Crippen LogP contribution < -0.4 is 0 Å². The highest BCUT2D eigenvalue weighted by Gasteiger charge is 2.16. The second-order valence-electron chi connectivity index (χ2n) is 5.37. The lowest BCUT2D eigenvalue weighted by molar-refractivity contribution is 0.213. The second-order valence-corrected chi connectivity index (χ2v) is 5.37. The molecule has 1 aliphatic rings. The van der Waals surface area contributed by atoms with E-state index in [1.807, 2.05) is 12.1 Å². The van der Waals surface area contributed by atoms with Gasteiger partial charge in [0, 0.05) is 12.6 Å². The minimum atomic E-state index is 0.739. The molecule has 18 heavy (non-hydrogen) atoms. The molecular formula is C16H22N2. The van der Waals surface area contributed by atoms with Gasteiger partial charge >= 0.3 is 0 Å². The summed E-state index contributed by atoms with van der Waals surface area (Å²) in [7, 11) is 2.23. The van der Waals surface area contributed by atoms with E-state index in [-0.39, 0.29) is 0 Å². The molecule has 0 aromatic heterocycles. The molecule has 1 saturated carbocycles. The third-order valence-electron chi connectivity index (χ3n) is 3.96. The van der Waals surface area contributed by atoms with Crippen LogP contribution in [-0.4, -0.2) is 18.0 Å². The van der Waals surface area contributed by atoms with Gasteiger partial charge in [0.15, 0.2) is 0 Å². The Labute approximate surface area is 110 Å².